The second kappa shape index (κ2) is 8.61. The first kappa shape index (κ1) is 23.2. The van der Waals surface area contributed by atoms with Crippen LogP contribution >= 0.6 is 0 Å². The maximum atomic E-state index is 14.0. The first-order valence-corrected chi connectivity index (χ1v) is 12.0. The Morgan fingerprint density at radius 2 is 1.63 bits per heavy atom. The molecule has 3 saturated heterocycles. The third kappa shape index (κ3) is 3.46. The lowest BCUT2D eigenvalue weighted by molar-refractivity contribution is -0.156. The fraction of sp³-hybridized carbons (Fsp3) is 0.407. The molecule has 3 amide bonds. The van der Waals surface area contributed by atoms with Gasteiger partial charge in [0.2, 0.25) is 17.7 Å². The van der Waals surface area contributed by atoms with E-state index < -0.39 is 41.2 Å². The van der Waals surface area contributed by atoms with Crippen molar-refractivity contribution in [3.05, 3.63) is 65.2 Å². The number of amides is 3. The number of carbonyl (C=O) groups is 4. The molecule has 0 radical (unpaired) electrons. The van der Waals surface area contributed by atoms with Crippen molar-refractivity contribution in [1.29, 1.82) is 0 Å². The summed E-state index contributed by atoms with van der Waals surface area (Å²) in [5.74, 6) is -3.58. The summed E-state index contributed by atoms with van der Waals surface area (Å²) < 4.78 is 5.23. The van der Waals surface area contributed by atoms with Crippen molar-refractivity contribution >= 4 is 29.4 Å². The fourth-order valence-electron chi connectivity index (χ4n) is 6.01. The molecule has 0 unspecified atom stereocenters. The lowest BCUT2D eigenvalue weighted by Gasteiger charge is -2.45. The molecular formula is C27H29N3O5. The highest BCUT2D eigenvalue weighted by molar-refractivity contribution is 6.24. The minimum absolute atomic E-state index is 0.161. The Labute approximate surface area is 204 Å². The molecule has 3 aliphatic heterocycles. The molecule has 8 heteroatoms. The number of rotatable bonds is 5. The predicted molar refractivity (Wildman–Crippen MR) is 128 cm³/mol. The topological polar surface area (TPSA) is 96.0 Å². The van der Waals surface area contributed by atoms with Crippen LogP contribution in [0.4, 0.5) is 5.69 Å². The van der Waals surface area contributed by atoms with E-state index in [0.29, 0.717) is 18.8 Å². The second-order valence-corrected chi connectivity index (χ2v) is 9.56. The van der Waals surface area contributed by atoms with Crippen molar-refractivity contribution in [2.45, 2.75) is 38.8 Å². The number of benzene rings is 2. The molecule has 0 saturated carbocycles. The molecule has 4 atom stereocenters. The Hall–Kier alpha value is -3.52. The summed E-state index contributed by atoms with van der Waals surface area (Å²) in [5, 5.41) is 2.86. The minimum atomic E-state index is -1.50. The maximum Gasteiger partial charge on any atom is 0.308 e. The van der Waals surface area contributed by atoms with Gasteiger partial charge in [-0.15, -0.1) is 0 Å². The average molecular weight is 476 g/mol. The van der Waals surface area contributed by atoms with E-state index in [4.69, 9.17) is 4.74 Å². The van der Waals surface area contributed by atoms with Crippen LogP contribution in [0.1, 0.15) is 36.1 Å². The number of esters is 1. The van der Waals surface area contributed by atoms with Crippen molar-refractivity contribution in [2.24, 2.45) is 11.8 Å². The van der Waals surface area contributed by atoms with Crippen molar-refractivity contribution in [1.82, 2.24) is 10.2 Å². The standard InChI is InChI=1S/C27H29N3O5/c1-4-35-20(31)15-27-22-21(24(32)30(25(22)33)19-11-7-17(3)8-12-19)23(18-9-5-16(2)6-10-18)29(27)14-13-28-26(27)34/h5-12,21-23H,4,13-15H2,1-3H3,(H,28,34)/t21-,22-,23-,27+/m1/s1. The van der Waals surface area contributed by atoms with Gasteiger partial charge in [0.25, 0.3) is 0 Å². The molecule has 0 bridgehead atoms. The normalized spacial score (nSPS) is 28.0. The van der Waals surface area contributed by atoms with Crippen molar-refractivity contribution < 1.29 is 23.9 Å². The summed E-state index contributed by atoms with van der Waals surface area (Å²) in [5.41, 5.74) is 1.88. The second-order valence-electron chi connectivity index (χ2n) is 9.56. The molecular weight excluding hydrogens is 446 g/mol. The highest BCUT2D eigenvalue weighted by Crippen LogP contribution is 2.57. The van der Waals surface area contributed by atoms with Crippen LogP contribution in [0.25, 0.3) is 0 Å². The third-order valence-electron chi connectivity index (χ3n) is 7.52. The van der Waals surface area contributed by atoms with Crippen LogP contribution < -0.4 is 10.2 Å². The Morgan fingerprint density at radius 3 is 2.26 bits per heavy atom. The summed E-state index contributed by atoms with van der Waals surface area (Å²) in [6.07, 6.45) is -0.295. The minimum Gasteiger partial charge on any atom is -0.466 e. The van der Waals surface area contributed by atoms with Crippen molar-refractivity contribution in [3.63, 3.8) is 0 Å². The number of hydrogen-bond donors (Lipinski definition) is 1. The molecule has 3 aliphatic rings. The molecule has 3 fully saturated rings. The zero-order valence-corrected chi connectivity index (χ0v) is 20.1. The first-order chi connectivity index (χ1) is 16.8. The van der Waals surface area contributed by atoms with Gasteiger partial charge in [0.05, 0.1) is 30.6 Å². The maximum absolute atomic E-state index is 14.0. The Kier molecular flexibility index (Phi) is 5.71. The van der Waals surface area contributed by atoms with Gasteiger partial charge in [0.15, 0.2) is 0 Å². The molecule has 8 nitrogen and oxygen atoms in total. The van der Waals surface area contributed by atoms with Gasteiger partial charge >= 0.3 is 5.97 Å². The lowest BCUT2D eigenvalue weighted by Crippen LogP contribution is -2.67. The van der Waals surface area contributed by atoms with Crippen LogP contribution in [-0.4, -0.2) is 53.8 Å². The Balaban J connectivity index is 1.69. The number of aryl methyl sites for hydroxylation is 2. The van der Waals surface area contributed by atoms with Crippen LogP contribution in [0.15, 0.2) is 48.5 Å². The number of carbonyl (C=O) groups excluding carboxylic acids is 4. The number of fused-ring (bicyclic) bond motifs is 3. The fourth-order valence-corrected chi connectivity index (χ4v) is 6.01. The number of hydrogen-bond acceptors (Lipinski definition) is 6. The molecule has 0 spiro atoms. The van der Waals surface area contributed by atoms with Gasteiger partial charge in [-0.1, -0.05) is 47.5 Å². The number of nitrogens with one attached hydrogen (secondary N) is 1. The van der Waals surface area contributed by atoms with E-state index >= 15 is 0 Å². The number of imide groups is 1. The van der Waals surface area contributed by atoms with Crippen molar-refractivity contribution in [3.8, 4) is 0 Å². The zero-order valence-electron chi connectivity index (χ0n) is 20.1. The van der Waals surface area contributed by atoms with E-state index in [-0.39, 0.29) is 18.9 Å². The molecule has 2 aromatic rings. The smallest absolute Gasteiger partial charge is 0.308 e. The van der Waals surface area contributed by atoms with E-state index in [1.807, 2.05) is 55.1 Å². The Morgan fingerprint density at radius 1 is 1.00 bits per heavy atom. The number of piperazine rings is 1. The van der Waals surface area contributed by atoms with E-state index in [1.54, 1.807) is 19.1 Å². The molecule has 3 heterocycles. The predicted octanol–water partition coefficient (Wildman–Crippen LogP) is 2.29. The van der Waals surface area contributed by atoms with Crippen LogP contribution in [0.2, 0.25) is 0 Å². The van der Waals surface area contributed by atoms with Gasteiger partial charge in [-0.3, -0.25) is 24.1 Å². The molecule has 182 valence electrons. The van der Waals surface area contributed by atoms with Gasteiger partial charge < -0.3 is 10.1 Å². The highest BCUT2D eigenvalue weighted by atomic mass is 16.5. The largest absolute Gasteiger partial charge is 0.466 e. The molecule has 1 N–H and O–H groups in total. The summed E-state index contributed by atoms with van der Waals surface area (Å²) >= 11 is 0. The molecule has 2 aromatic carbocycles. The average Bonchev–Trinajstić information content (AvgIpc) is 3.26. The zero-order chi connectivity index (χ0) is 24.9. The summed E-state index contributed by atoms with van der Waals surface area (Å²) in [4.78, 5) is 57.5. The van der Waals surface area contributed by atoms with Crippen LogP contribution in [0.3, 0.4) is 0 Å². The summed E-state index contributed by atoms with van der Waals surface area (Å²) in [6.45, 7) is 6.55. The van der Waals surface area contributed by atoms with Gasteiger partial charge in [-0.25, -0.2) is 4.90 Å². The van der Waals surface area contributed by atoms with Crippen LogP contribution in [0.5, 0.6) is 0 Å². The van der Waals surface area contributed by atoms with Gasteiger partial charge in [0.1, 0.15) is 5.54 Å². The summed E-state index contributed by atoms with van der Waals surface area (Å²) in [6, 6.07) is 14.4. The highest BCUT2D eigenvalue weighted by Gasteiger charge is 2.73. The van der Waals surface area contributed by atoms with E-state index in [9.17, 15) is 19.2 Å². The molecule has 0 aromatic heterocycles. The van der Waals surface area contributed by atoms with Gasteiger partial charge in [0, 0.05) is 19.1 Å². The number of nitrogens with zero attached hydrogens (tertiary/aromatic N) is 2. The first-order valence-electron chi connectivity index (χ1n) is 12.0. The number of anilines is 1. The quantitative estimate of drug-likeness (QED) is 0.527. The Bertz CT molecular complexity index is 1190. The third-order valence-corrected chi connectivity index (χ3v) is 7.52. The van der Waals surface area contributed by atoms with Crippen LogP contribution in [-0.2, 0) is 23.9 Å². The molecule has 5 rings (SSSR count). The van der Waals surface area contributed by atoms with E-state index in [0.717, 1.165) is 16.7 Å². The molecule has 35 heavy (non-hydrogen) atoms. The van der Waals surface area contributed by atoms with Crippen LogP contribution in [0, 0.1) is 25.7 Å². The SMILES string of the molecule is CCOC(=O)C[C@]12C(=O)NCCN1[C@H](c1ccc(C)cc1)[C@@H]1C(=O)N(c3ccc(C)cc3)C(=O)[C@@H]12. The lowest BCUT2D eigenvalue weighted by atomic mass is 9.76. The van der Waals surface area contributed by atoms with Crippen molar-refractivity contribution in [2.75, 3.05) is 24.6 Å². The van der Waals surface area contributed by atoms with E-state index in [2.05, 4.69) is 5.32 Å². The summed E-state index contributed by atoms with van der Waals surface area (Å²) in [7, 11) is 0. The monoisotopic (exact) mass is 475 g/mol. The van der Waals surface area contributed by atoms with E-state index in [1.165, 1.54) is 4.90 Å². The van der Waals surface area contributed by atoms with Gasteiger partial charge in [-0.2, -0.15) is 0 Å². The van der Waals surface area contributed by atoms with Gasteiger partial charge in [-0.05, 0) is 38.5 Å². The number of ether oxygens (including phenoxy) is 1. The molecule has 0 aliphatic carbocycles.